The number of hydrogen-bond donors (Lipinski definition) is 2. The van der Waals surface area contributed by atoms with Crippen molar-refractivity contribution in [3.8, 4) is 0 Å². The number of hydrogen-bond acceptors (Lipinski definition) is 4. The van der Waals surface area contributed by atoms with Crippen molar-refractivity contribution < 1.29 is 23.8 Å². The maximum absolute atomic E-state index is 10.2. The quantitative estimate of drug-likeness (QED) is 0.552. The number of rotatable bonds is 8. The first-order valence-corrected chi connectivity index (χ1v) is 6.32. The molecule has 0 fully saturated rings. The van der Waals surface area contributed by atoms with Gasteiger partial charge in [-0.3, -0.25) is 4.79 Å². The molecule has 0 aliphatic carbocycles. The largest absolute Gasteiger partial charge is 0.481 e. The number of carboxylic acid groups (broad SMARTS) is 1. The highest BCUT2D eigenvalue weighted by molar-refractivity contribution is 7.40. The third-order valence-corrected chi connectivity index (χ3v) is 2.67. The second kappa shape index (κ2) is 8.14. The summed E-state index contributed by atoms with van der Waals surface area (Å²) in [6, 6.07) is 9.42. The van der Waals surface area contributed by atoms with Crippen LogP contribution in [-0.4, -0.2) is 22.6 Å². The Balaban J connectivity index is 2.09. The van der Waals surface area contributed by atoms with Crippen molar-refractivity contribution >= 4 is 14.6 Å². The number of aliphatic carboxylic acids is 1. The lowest BCUT2D eigenvalue weighted by Gasteiger charge is -2.10. The van der Waals surface area contributed by atoms with Crippen molar-refractivity contribution in [1.82, 2.24) is 0 Å². The second-order valence-electron chi connectivity index (χ2n) is 3.33. The van der Waals surface area contributed by atoms with Gasteiger partial charge in [0, 0.05) is 6.42 Å². The van der Waals surface area contributed by atoms with E-state index in [1.165, 1.54) is 0 Å². The minimum absolute atomic E-state index is 0.0296. The molecule has 1 unspecified atom stereocenters. The van der Waals surface area contributed by atoms with E-state index >= 15 is 0 Å². The molecule has 0 saturated carbocycles. The maximum atomic E-state index is 10.2. The average molecular weight is 258 g/mol. The molecule has 1 rings (SSSR count). The van der Waals surface area contributed by atoms with Gasteiger partial charge in [0.1, 0.15) is 0 Å². The Bertz CT molecular complexity index is 330. The number of carboxylic acids is 1. The van der Waals surface area contributed by atoms with Crippen LogP contribution in [-0.2, 0) is 20.4 Å². The van der Waals surface area contributed by atoms with Crippen LogP contribution in [0.5, 0.6) is 0 Å². The van der Waals surface area contributed by atoms with Crippen molar-refractivity contribution in [2.75, 3.05) is 6.61 Å². The van der Waals surface area contributed by atoms with Crippen LogP contribution in [0.4, 0.5) is 0 Å². The van der Waals surface area contributed by atoms with E-state index in [9.17, 15) is 9.69 Å². The molecule has 5 nitrogen and oxygen atoms in total. The van der Waals surface area contributed by atoms with Gasteiger partial charge in [0.25, 0.3) is 0 Å². The molecule has 1 atom stereocenters. The van der Waals surface area contributed by atoms with Crippen molar-refractivity contribution in [2.24, 2.45) is 0 Å². The third-order valence-electron chi connectivity index (χ3n) is 1.92. The van der Waals surface area contributed by atoms with Gasteiger partial charge in [-0.05, 0) is 12.0 Å². The van der Waals surface area contributed by atoms with Gasteiger partial charge in [0.05, 0.1) is 13.2 Å². The van der Waals surface area contributed by atoms with Gasteiger partial charge in [-0.2, -0.15) is 0 Å². The monoisotopic (exact) mass is 258 g/mol. The Hall–Kier alpha value is -1.00. The molecule has 0 bridgehead atoms. The molecule has 6 heteroatoms. The second-order valence-corrected chi connectivity index (χ2v) is 4.32. The fourth-order valence-electron chi connectivity index (χ4n) is 1.11. The van der Waals surface area contributed by atoms with Crippen molar-refractivity contribution in [3.05, 3.63) is 35.9 Å². The molecule has 0 amide bonds. The molecule has 1 aromatic rings. The minimum atomic E-state index is -1.93. The topological polar surface area (TPSA) is 76.0 Å². The first-order valence-electron chi connectivity index (χ1n) is 5.19. The van der Waals surface area contributed by atoms with E-state index in [1.807, 2.05) is 30.3 Å². The molecule has 0 aromatic heterocycles. The van der Waals surface area contributed by atoms with Gasteiger partial charge in [-0.25, -0.2) is 0 Å². The van der Waals surface area contributed by atoms with Crippen LogP contribution in [0.1, 0.15) is 18.4 Å². The summed E-state index contributed by atoms with van der Waals surface area (Å²) in [4.78, 5) is 19.6. The van der Waals surface area contributed by atoms with Crippen LogP contribution in [0.25, 0.3) is 0 Å². The smallest absolute Gasteiger partial charge is 0.330 e. The molecule has 0 aliphatic heterocycles. The molecule has 0 radical (unpaired) electrons. The molecular formula is C11H15O5P. The minimum Gasteiger partial charge on any atom is -0.481 e. The molecule has 0 spiro atoms. The van der Waals surface area contributed by atoms with Gasteiger partial charge in [0.15, 0.2) is 0 Å². The molecule has 94 valence electrons. The summed E-state index contributed by atoms with van der Waals surface area (Å²) in [6.07, 6.45) is 0.394. The van der Waals surface area contributed by atoms with Crippen molar-refractivity contribution in [3.63, 3.8) is 0 Å². The molecule has 0 saturated heterocycles. The van der Waals surface area contributed by atoms with Gasteiger partial charge >= 0.3 is 14.6 Å². The Morgan fingerprint density at radius 2 is 1.94 bits per heavy atom. The summed E-state index contributed by atoms with van der Waals surface area (Å²) >= 11 is 0. The molecule has 17 heavy (non-hydrogen) atoms. The molecular weight excluding hydrogens is 243 g/mol. The SMILES string of the molecule is O=C(O)CCCOP(O)OCc1ccccc1. The summed E-state index contributed by atoms with van der Waals surface area (Å²) in [5, 5.41) is 8.39. The van der Waals surface area contributed by atoms with Gasteiger partial charge in [-0.15, -0.1) is 0 Å². The number of benzene rings is 1. The van der Waals surface area contributed by atoms with Gasteiger partial charge in [-0.1, -0.05) is 30.3 Å². The number of carbonyl (C=O) groups is 1. The lowest BCUT2D eigenvalue weighted by molar-refractivity contribution is -0.137. The first-order chi connectivity index (χ1) is 8.18. The Morgan fingerprint density at radius 1 is 1.24 bits per heavy atom. The van der Waals surface area contributed by atoms with Crippen LogP contribution >= 0.6 is 8.60 Å². The molecule has 1 aromatic carbocycles. The Labute approximate surface area is 101 Å². The lowest BCUT2D eigenvalue weighted by atomic mass is 10.2. The van der Waals surface area contributed by atoms with Crippen LogP contribution in [0, 0.1) is 0 Å². The van der Waals surface area contributed by atoms with Crippen molar-refractivity contribution in [2.45, 2.75) is 19.4 Å². The Kier molecular flexibility index (Phi) is 6.74. The van der Waals surface area contributed by atoms with E-state index in [-0.39, 0.29) is 19.6 Å². The summed E-state index contributed by atoms with van der Waals surface area (Å²) in [5.41, 5.74) is 0.947. The third kappa shape index (κ3) is 7.02. The highest BCUT2D eigenvalue weighted by Crippen LogP contribution is 2.34. The summed E-state index contributed by atoms with van der Waals surface area (Å²) in [5.74, 6) is -0.874. The Morgan fingerprint density at radius 3 is 2.59 bits per heavy atom. The van der Waals surface area contributed by atoms with Crippen molar-refractivity contribution in [1.29, 1.82) is 0 Å². The van der Waals surface area contributed by atoms with E-state index < -0.39 is 14.6 Å². The average Bonchev–Trinajstić information content (AvgIpc) is 2.33. The molecule has 2 N–H and O–H groups in total. The van der Waals surface area contributed by atoms with E-state index in [4.69, 9.17) is 14.2 Å². The summed E-state index contributed by atoms with van der Waals surface area (Å²) in [7, 11) is -1.93. The summed E-state index contributed by atoms with van der Waals surface area (Å²) < 4.78 is 10.0. The zero-order valence-electron chi connectivity index (χ0n) is 9.28. The fourth-order valence-corrected chi connectivity index (χ4v) is 1.73. The van der Waals surface area contributed by atoms with Crippen LogP contribution in [0.3, 0.4) is 0 Å². The molecule has 0 heterocycles. The predicted octanol–water partition coefficient (Wildman–Crippen LogP) is 2.30. The normalized spacial score (nSPS) is 12.3. The standard InChI is InChI=1S/C11H15O5P/c12-11(13)7-4-8-15-17(14)16-9-10-5-2-1-3-6-10/h1-3,5-6,14H,4,7-9H2,(H,12,13). The van der Waals surface area contributed by atoms with E-state index in [0.29, 0.717) is 6.42 Å². The van der Waals surface area contributed by atoms with Crippen LogP contribution < -0.4 is 0 Å². The van der Waals surface area contributed by atoms with Gasteiger partial charge < -0.3 is 19.0 Å². The molecule has 0 aliphatic rings. The highest BCUT2D eigenvalue weighted by Gasteiger charge is 2.07. The fraction of sp³-hybridized carbons (Fsp3) is 0.364. The zero-order valence-corrected chi connectivity index (χ0v) is 10.2. The highest BCUT2D eigenvalue weighted by atomic mass is 31.2. The zero-order chi connectivity index (χ0) is 12.5. The predicted molar refractivity (Wildman–Crippen MR) is 63.2 cm³/mol. The van der Waals surface area contributed by atoms with E-state index in [0.717, 1.165) is 5.56 Å². The first kappa shape index (κ1) is 14.1. The van der Waals surface area contributed by atoms with E-state index in [1.54, 1.807) is 0 Å². The van der Waals surface area contributed by atoms with Crippen LogP contribution in [0.2, 0.25) is 0 Å². The van der Waals surface area contributed by atoms with Crippen LogP contribution in [0.15, 0.2) is 30.3 Å². The maximum Gasteiger partial charge on any atom is 0.330 e. The summed E-state index contributed by atoms with van der Waals surface area (Å²) in [6.45, 7) is 0.464. The lowest BCUT2D eigenvalue weighted by Crippen LogP contribution is -1.99. The van der Waals surface area contributed by atoms with Gasteiger partial charge in [0.2, 0.25) is 0 Å². The van der Waals surface area contributed by atoms with E-state index in [2.05, 4.69) is 0 Å².